The number of nitrogens with two attached hydrogens (primary N) is 1. The van der Waals surface area contributed by atoms with Crippen LogP contribution in [-0.4, -0.2) is 12.2 Å². The Labute approximate surface area is 130 Å². The van der Waals surface area contributed by atoms with Crippen LogP contribution >= 0.6 is 15.9 Å². The molecule has 2 amide bonds. The Morgan fingerprint density at radius 1 is 1.19 bits per heavy atom. The number of hydrazone groups is 1. The minimum atomic E-state index is -0.694. The fourth-order valence-electron chi connectivity index (χ4n) is 1.57. The van der Waals surface area contributed by atoms with E-state index in [1.165, 1.54) is 6.21 Å². The molecule has 0 spiro atoms. The van der Waals surface area contributed by atoms with Gasteiger partial charge in [-0.15, -0.1) is 0 Å². The lowest BCUT2D eigenvalue weighted by Crippen LogP contribution is -2.24. The molecule has 6 heteroatoms. The molecule has 21 heavy (non-hydrogen) atoms. The normalized spacial score (nSPS) is 10.5. The van der Waals surface area contributed by atoms with E-state index in [2.05, 4.69) is 26.5 Å². The molecule has 0 saturated carbocycles. The third-order valence-electron chi connectivity index (χ3n) is 2.59. The van der Waals surface area contributed by atoms with Crippen molar-refractivity contribution in [3.05, 3.63) is 64.1 Å². The molecule has 2 aromatic carbocycles. The van der Waals surface area contributed by atoms with Crippen LogP contribution < -0.4 is 15.9 Å². The van der Waals surface area contributed by atoms with Gasteiger partial charge in [-0.1, -0.05) is 28.1 Å². The second-order valence-electron chi connectivity index (χ2n) is 4.22. The largest absolute Gasteiger partial charge is 0.489 e. The number of halogens is 1. The SMILES string of the molecule is NC(=O)NN=Cc1ccc(OCc2ccc(Br)cc2)cc1. The maximum absolute atomic E-state index is 10.5. The van der Waals surface area contributed by atoms with Gasteiger partial charge < -0.3 is 10.5 Å². The minimum absolute atomic E-state index is 0.504. The summed E-state index contributed by atoms with van der Waals surface area (Å²) in [6.45, 7) is 0.504. The van der Waals surface area contributed by atoms with Crippen LogP contribution in [0.5, 0.6) is 5.75 Å². The molecule has 0 heterocycles. The van der Waals surface area contributed by atoms with Crippen LogP contribution in [0, 0.1) is 0 Å². The first-order chi connectivity index (χ1) is 10.1. The van der Waals surface area contributed by atoms with Crippen molar-refractivity contribution in [3.63, 3.8) is 0 Å². The number of carbonyl (C=O) groups is 1. The van der Waals surface area contributed by atoms with Gasteiger partial charge in [-0.3, -0.25) is 0 Å². The molecule has 0 atom stereocenters. The molecule has 0 aliphatic rings. The van der Waals surface area contributed by atoms with Crippen molar-refractivity contribution in [2.45, 2.75) is 6.61 Å². The van der Waals surface area contributed by atoms with Crippen molar-refractivity contribution in [1.29, 1.82) is 0 Å². The standard InChI is InChI=1S/C15H14BrN3O2/c16-13-5-1-12(2-6-13)10-21-14-7-3-11(4-8-14)9-18-19-15(17)20/h1-9H,10H2,(H3,17,19,20). The van der Waals surface area contributed by atoms with Crippen LogP contribution in [0.15, 0.2) is 58.1 Å². The van der Waals surface area contributed by atoms with Gasteiger partial charge in [0.25, 0.3) is 0 Å². The number of nitrogens with one attached hydrogen (secondary N) is 1. The average molecular weight is 348 g/mol. The maximum atomic E-state index is 10.5. The van der Waals surface area contributed by atoms with Gasteiger partial charge in [0.1, 0.15) is 12.4 Å². The Hall–Kier alpha value is -2.34. The molecule has 2 rings (SSSR count). The van der Waals surface area contributed by atoms with E-state index in [9.17, 15) is 4.79 Å². The quantitative estimate of drug-likeness (QED) is 0.644. The highest BCUT2D eigenvalue weighted by Gasteiger charge is 1.97. The Kier molecular flexibility index (Phi) is 5.34. The number of hydrogen-bond donors (Lipinski definition) is 2. The van der Waals surface area contributed by atoms with Crippen LogP contribution in [0.3, 0.4) is 0 Å². The minimum Gasteiger partial charge on any atom is -0.489 e. The number of hydrogen-bond acceptors (Lipinski definition) is 3. The molecule has 0 aromatic heterocycles. The number of carbonyl (C=O) groups excluding carboxylic acids is 1. The summed E-state index contributed by atoms with van der Waals surface area (Å²) in [6, 6.07) is 14.6. The third kappa shape index (κ3) is 5.27. The number of nitrogens with zero attached hydrogens (tertiary/aromatic N) is 1. The molecular formula is C15H14BrN3O2. The Morgan fingerprint density at radius 3 is 2.48 bits per heavy atom. The van der Waals surface area contributed by atoms with E-state index in [4.69, 9.17) is 10.5 Å². The lowest BCUT2D eigenvalue weighted by Gasteiger charge is -2.06. The monoisotopic (exact) mass is 347 g/mol. The molecular weight excluding hydrogens is 334 g/mol. The Morgan fingerprint density at radius 2 is 1.86 bits per heavy atom. The highest BCUT2D eigenvalue weighted by molar-refractivity contribution is 9.10. The van der Waals surface area contributed by atoms with Crippen LogP contribution in [0.25, 0.3) is 0 Å². The van der Waals surface area contributed by atoms with Gasteiger partial charge in [-0.05, 0) is 47.5 Å². The predicted molar refractivity (Wildman–Crippen MR) is 85.2 cm³/mol. The molecule has 0 saturated heterocycles. The second kappa shape index (κ2) is 7.44. The van der Waals surface area contributed by atoms with Crippen LogP contribution in [0.2, 0.25) is 0 Å². The molecule has 0 radical (unpaired) electrons. The zero-order valence-electron chi connectivity index (χ0n) is 11.1. The van der Waals surface area contributed by atoms with E-state index in [1.54, 1.807) is 0 Å². The van der Waals surface area contributed by atoms with Crippen molar-refractivity contribution < 1.29 is 9.53 Å². The summed E-state index contributed by atoms with van der Waals surface area (Å²) in [5, 5.41) is 3.68. The average Bonchev–Trinajstić information content (AvgIpc) is 2.48. The fourth-order valence-corrected chi connectivity index (χ4v) is 1.83. The van der Waals surface area contributed by atoms with Gasteiger partial charge in [-0.25, -0.2) is 10.2 Å². The van der Waals surface area contributed by atoms with Gasteiger partial charge in [-0.2, -0.15) is 5.10 Å². The first-order valence-electron chi connectivity index (χ1n) is 6.19. The Balaban J connectivity index is 1.88. The lowest BCUT2D eigenvalue weighted by molar-refractivity contribution is 0.249. The first kappa shape index (κ1) is 15.1. The van der Waals surface area contributed by atoms with Gasteiger partial charge >= 0.3 is 6.03 Å². The summed E-state index contributed by atoms with van der Waals surface area (Å²) < 4.78 is 6.72. The number of benzene rings is 2. The molecule has 0 fully saturated rings. The molecule has 3 N–H and O–H groups in total. The molecule has 2 aromatic rings. The number of rotatable bonds is 5. The van der Waals surface area contributed by atoms with E-state index in [-0.39, 0.29) is 0 Å². The molecule has 0 bridgehead atoms. The smallest absolute Gasteiger partial charge is 0.332 e. The van der Waals surface area contributed by atoms with Crippen molar-refractivity contribution in [3.8, 4) is 5.75 Å². The first-order valence-corrected chi connectivity index (χ1v) is 6.98. The molecule has 0 aliphatic carbocycles. The van der Waals surface area contributed by atoms with Gasteiger partial charge in [0.05, 0.1) is 6.21 Å². The number of primary amides is 1. The Bertz CT molecular complexity index is 624. The van der Waals surface area contributed by atoms with Crippen LogP contribution in [0.4, 0.5) is 4.79 Å². The maximum Gasteiger partial charge on any atom is 0.332 e. The van der Waals surface area contributed by atoms with Crippen molar-refractivity contribution in [1.82, 2.24) is 5.43 Å². The van der Waals surface area contributed by atoms with Crippen LogP contribution in [0.1, 0.15) is 11.1 Å². The summed E-state index contributed by atoms with van der Waals surface area (Å²) in [4.78, 5) is 10.5. The number of amides is 2. The van der Waals surface area contributed by atoms with E-state index in [0.29, 0.717) is 6.61 Å². The summed E-state index contributed by atoms with van der Waals surface area (Å²) in [5.41, 5.74) is 8.96. The predicted octanol–water partition coefficient (Wildman–Crippen LogP) is 3.03. The van der Waals surface area contributed by atoms with E-state index < -0.39 is 6.03 Å². The summed E-state index contributed by atoms with van der Waals surface area (Å²) >= 11 is 3.39. The van der Waals surface area contributed by atoms with E-state index in [0.717, 1.165) is 21.3 Å². The second-order valence-corrected chi connectivity index (χ2v) is 5.13. The van der Waals surface area contributed by atoms with E-state index in [1.807, 2.05) is 48.5 Å². The zero-order chi connectivity index (χ0) is 15.1. The molecule has 108 valence electrons. The number of ether oxygens (including phenoxy) is 1. The van der Waals surface area contributed by atoms with E-state index >= 15 is 0 Å². The molecule has 0 unspecified atom stereocenters. The number of urea groups is 1. The topological polar surface area (TPSA) is 76.7 Å². The fraction of sp³-hybridized carbons (Fsp3) is 0.0667. The van der Waals surface area contributed by atoms with Crippen LogP contribution in [-0.2, 0) is 6.61 Å². The summed E-state index contributed by atoms with van der Waals surface area (Å²) in [7, 11) is 0. The summed E-state index contributed by atoms with van der Waals surface area (Å²) in [5.74, 6) is 0.762. The van der Waals surface area contributed by atoms with Gasteiger partial charge in [0.2, 0.25) is 0 Å². The molecule has 5 nitrogen and oxygen atoms in total. The third-order valence-corrected chi connectivity index (χ3v) is 3.12. The zero-order valence-corrected chi connectivity index (χ0v) is 12.7. The summed E-state index contributed by atoms with van der Waals surface area (Å²) in [6.07, 6.45) is 1.50. The highest BCUT2D eigenvalue weighted by Crippen LogP contribution is 2.15. The lowest BCUT2D eigenvalue weighted by atomic mass is 10.2. The molecule has 0 aliphatic heterocycles. The highest BCUT2D eigenvalue weighted by atomic mass is 79.9. The van der Waals surface area contributed by atoms with Gasteiger partial charge in [0.15, 0.2) is 0 Å². The van der Waals surface area contributed by atoms with Crippen molar-refractivity contribution in [2.24, 2.45) is 10.8 Å². The van der Waals surface area contributed by atoms with Crippen molar-refractivity contribution in [2.75, 3.05) is 0 Å². The van der Waals surface area contributed by atoms with Gasteiger partial charge in [0, 0.05) is 4.47 Å². The van der Waals surface area contributed by atoms with Crippen molar-refractivity contribution >= 4 is 28.2 Å².